The second-order valence-corrected chi connectivity index (χ2v) is 10.9. The normalized spacial score (nSPS) is 15.4. The number of thiophene rings is 1. The van der Waals surface area contributed by atoms with Crippen molar-refractivity contribution in [1.82, 2.24) is 10.3 Å². The molecule has 4 N–H and O–H groups in total. The van der Waals surface area contributed by atoms with Crippen molar-refractivity contribution in [2.24, 2.45) is 5.92 Å². The van der Waals surface area contributed by atoms with Gasteiger partial charge in [0.1, 0.15) is 10.4 Å². The van der Waals surface area contributed by atoms with Crippen LogP contribution < -0.4 is 16.0 Å². The number of carbonyl (C=O) groups is 3. The molecule has 194 valence electrons. The summed E-state index contributed by atoms with van der Waals surface area (Å²) in [6, 6.07) is 9.42. The van der Waals surface area contributed by atoms with Crippen molar-refractivity contribution in [2.75, 3.05) is 10.6 Å². The molecule has 1 aliphatic rings. The zero-order valence-electron chi connectivity index (χ0n) is 20.0. The first kappa shape index (κ1) is 26.9. The highest BCUT2D eigenvalue weighted by Crippen LogP contribution is 2.37. The predicted octanol–water partition coefficient (Wildman–Crippen LogP) is 6.91. The largest absolute Gasteiger partial charge is 0.480 e. The highest BCUT2D eigenvalue weighted by atomic mass is 35.5. The number of hydrogen-bond acceptors (Lipinski definition) is 5. The van der Waals surface area contributed by atoms with Crippen LogP contribution in [-0.4, -0.2) is 33.5 Å². The molecule has 0 saturated heterocycles. The molecule has 1 aliphatic carbocycles. The molecule has 37 heavy (non-hydrogen) atoms. The predicted molar refractivity (Wildman–Crippen MR) is 147 cm³/mol. The van der Waals surface area contributed by atoms with Crippen LogP contribution in [0.25, 0.3) is 10.4 Å². The zero-order chi connectivity index (χ0) is 26.6. The van der Waals surface area contributed by atoms with E-state index >= 15 is 0 Å². The zero-order valence-corrected chi connectivity index (χ0v) is 22.3. The van der Waals surface area contributed by atoms with Crippen molar-refractivity contribution < 1.29 is 19.5 Å². The van der Waals surface area contributed by atoms with E-state index in [1.807, 2.05) is 6.07 Å². The first-order valence-corrected chi connectivity index (χ1v) is 13.4. The second-order valence-electron chi connectivity index (χ2n) is 9.07. The first-order chi connectivity index (χ1) is 17.7. The number of carboxylic acid groups (broad SMARTS) is 1. The summed E-state index contributed by atoms with van der Waals surface area (Å²) in [6.45, 7) is 1.55. The van der Waals surface area contributed by atoms with Gasteiger partial charge in [-0.1, -0.05) is 54.6 Å². The number of halogens is 2. The minimum atomic E-state index is -1.44. The molecule has 1 saturated carbocycles. The van der Waals surface area contributed by atoms with Gasteiger partial charge in [-0.25, -0.2) is 9.59 Å². The number of para-hydroxylation sites is 1. The lowest BCUT2D eigenvalue weighted by atomic mass is 9.75. The van der Waals surface area contributed by atoms with E-state index in [9.17, 15) is 19.5 Å². The Balaban J connectivity index is 1.64. The van der Waals surface area contributed by atoms with E-state index in [1.54, 1.807) is 49.6 Å². The van der Waals surface area contributed by atoms with Gasteiger partial charge in [0.2, 0.25) is 0 Å². The number of aromatic nitrogens is 1. The molecular formula is C26H26Cl2N4O4S. The number of rotatable bonds is 7. The van der Waals surface area contributed by atoms with Crippen LogP contribution in [0.3, 0.4) is 0 Å². The maximum atomic E-state index is 13.5. The lowest BCUT2D eigenvalue weighted by molar-refractivity contribution is -0.146. The van der Waals surface area contributed by atoms with E-state index in [-0.39, 0.29) is 32.2 Å². The molecule has 0 aliphatic heterocycles. The third kappa shape index (κ3) is 6.06. The molecule has 0 spiro atoms. The Kier molecular flexibility index (Phi) is 8.36. The number of amides is 3. The number of aliphatic carboxylic acids is 1. The lowest BCUT2D eigenvalue weighted by Crippen LogP contribution is -2.57. The van der Waals surface area contributed by atoms with Crippen molar-refractivity contribution >= 4 is 63.8 Å². The van der Waals surface area contributed by atoms with Crippen molar-refractivity contribution in [3.63, 3.8) is 0 Å². The van der Waals surface area contributed by atoms with E-state index in [1.165, 1.54) is 0 Å². The van der Waals surface area contributed by atoms with Gasteiger partial charge in [0.05, 0.1) is 21.4 Å². The van der Waals surface area contributed by atoms with Gasteiger partial charge in [-0.3, -0.25) is 9.78 Å². The lowest BCUT2D eigenvalue weighted by Gasteiger charge is -2.37. The fraction of sp³-hybridized carbons (Fsp3) is 0.308. The molecule has 0 bridgehead atoms. The fourth-order valence-corrected chi connectivity index (χ4v) is 5.98. The SMILES string of the molecule is C[C@@](NC(=O)c1sc(-c2cccnc2)cc1NC(=O)Nc1c(Cl)cccc1Cl)(C(=O)O)C1CCCCC1. The summed E-state index contributed by atoms with van der Waals surface area (Å²) in [6.07, 6.45) is 7.62. The number of carboxylic acids is 1. The number of carbonyl (C=O) groups excluding carboxylic acids is 2. The summed E-state index contributed by atoms with van der Waals surface area (Å²) < 4.78 is 0. The van der Waals surface area contributed by atoms with E-state index in [4.69, 9.17) is 23.2 Å². The molecule has 3 amide bonds. The number of hydrogen-bond donors (Lipinski definition) is 4. The van der Waals surface area contributed by atoms with Gasteiger partial charge in [0.15, 0.2) is 0 Å². The molecule has 0 unspecified atom stereocenters. The molecule has 11 heteroatoms. The fourth-order valence-electron chi connectivity index (χ4n) is 4.49. The maximum absolute atomic E-state index is 13.5. The smallest absolute Gasteiger partial charge is 0.329 e. The summed E-state index contributed by atoms with van der Waals surface area (Å²) in [5, 5.41) is 18.7. The molecule has 2 heterocycles. The van der Waals surface area contributed by atoms with Crippen LogP contribution >= 0.6 is 34.5 Å². The Morgan fingerprint density at radius 2 is 1.76 bits per heavy atom. The summed E-state index contributed by atoms with van der Waals surface area (Å²) in [4.78, 5) is 43.7. The standard InChI is InChI=1S/C26H26Cl2N4O4S/c1-26(24(34)35,16-8-3-2-4-9-16)32-23(33)22-19(13-20(37-22)15-7-6-12-29-14-15)30-25(36)31-21-17(27)10-5-11-18(21)28/h5-7,10-14,16H,2-4,8-9H2,1H3,(H,32,33)(H,34,35)(H2,30,31,36)/t26-/m0/s1. The van der Waals surface area contributed by atoms with E-state index in [0.29, 0.717) is 4.88 Å². The van der Waals surface area contributed by atoms with E-state index in [0.717, 1.165) is 49.0 Å². The van der Waals surface area contributed by atoms with E-state index in [2.05, 4.69) is 20.9 Å². The van der Waals surface area contributed by atoms with Crippen molar-refractivity contribution in [3.05, 3.63) is 63.7 Å². The number of pyridine rings is 1. The quantitative estimate of drug-likeness (QED) is 0.250. The van der Waals surface area contributed by atoms with Gasteiger partial charge in [-0.15, -0.1) is 11.3 Å². The highest BCUT2D eigenvalue weighted by molar-refractivity contribution is 7.18. The Hall–Kier alpha value is -3.14. The summed E-state index contributed by atoms with van der Waals surface area (Å²) in [5.74, 6) is -1.86. The molecule has 0 radical (unpaired) electrons. The molecule has 3 aromatic rings. The van der Waals surface area contributed by atoms with Crippen LogP contribution in [0, 0.1) is 5.92 Å². The second kappa shape index (κ2) is 11.5. The van der Waals surface area contributed by atoms with Crippen LogP contribution in [0.5, 0.6) is 0 Å². The minimum Gasteiger partial charge on any atom is -0.480 e. The van der Waals surface area contributed by atoms with Crippen LogP contribution in [0.2, 0.25) is 10.0 Å². The van der Waals surface area contributed by atoms with Crippen LogP contribution in [-0.2, 0) is 4.79 Å². The molecule has 1 atom stereocenters. The third-order valence-corrected chi connectivity index (χ3v) is 8.39. The molecule has 4 rings (SSSR count). The Morgan fingerprint density at radius 3 is 2.38 bits per heavy atom. The minimum absolute atomic E-state index is 0.169. The Bertz CT molecular complexity index is 1290. The number of nitrogens with one attached hydrogen (secondary N) is 3. The van der Waals surface area contributed by atoms with Gasteiger partial charge in [-0.2, -0.15) is 0 Å². The summed E-state index contributed by atoms with van der Waals surface area (Å²) in [5.41, 5.74) is -0.246. The topological polar surface area (TPSA) is 120 Å². The van der Waals surface area contributed by atoms with Crippen LogP contribution in [0.4, 0.5) is 16.2 Å². The molecular weight excluding hydrogens is 535 g/mol. The van der Waals surface area contributed by atoms with Gasteiger partial charge < -0.3 is 21.1 Å². The van der Waals surface area contributed by atoms with Gasteiger partial charge in [0.25, 0.3) is 5.91 Å². The van der Waals surface area contributed by atoms with Crippen molar-refractivity contribution in [1.29, 1.82) is 0 Å². The average molecular weight is 561 g/mol. The molecule has 8 nitrogen and oxygen atoms in total. The molecule has 2 aromatic heterocycles. The number of nitrogens with zero attached hydrogens (tertiary/aromatic N) is 1. The van der Waals surface area contributed by atoms with Gasteiger partial charge in [0, 0.05) is 22.8 Å². The average Bonchev–Trinajstić information content (AvgIpc) is 3.31. The van der Waals surface area contributed by atoms with E-state index < -0.39 is 23.4 Å². The van der Waals surface area contributed by atoms with Crippen molar-refractivity contribution in [2.45, 2.75) is 44.6 Å². The highest BCUT2D eigenvalue weighted by Gasteiger charge is 2.43. The maximum Gasteiger partial charge on any atom is 0.329 e. The van der Waals surface area contributed by atoms with Crippen LogP contribution in [0.15, 0.2) is 48.8 Å². The summed E-state index contributed by atoms with van der Waals surface area (Å²) in [7, 11) is 0. The Labute approximate surface area is 228 Å². The third-order valence-electron chi connectivity index (χ3n) is 6.57. The number of anilines is 2. The van der Waals surface area contributed by atoms with Gasteiger partial charge >= 0.3 is 12.0 Å². The monoisotopic (exact) mass is 560 g/mol. The molecule has 1 fully saturated rings. The Morgan fingerprint density at radius 1 is 1.05 bits per heavy atom. The van der Waals surface area contributed by atoms with Gasteiger partial charge in [-0.05, 0) is 49.9 Å². The molecule has 1 aromatic carbocycles. The number of urea groups is 1. The summed E-state index contributed by atoms with van der Waals surface area (Å²) >= 11 is 13.5. The first-order valence-electron chi connectivity index (χ1n) is 11.8. The van der Waals surface area contributed by atoms with Crippen molar-refractivity contribution in [3.8, 4) is 10.4 Å². The van der Waals surface area contributed by atoms with Crippen LogP contribution in [0.1, 0.15) is 48.7 Å². The number of benzene rings is 1.